The lowest BCUT2D eigenvalue weighted by atomic mass is 9.61. The fourth-order valence-electron chi connectivity index (χ4n) is 2.71. The first-order valence-corrected chi connectivity index (χ1v) is 4.89. The van der Waals surface area contributed by atoms with E-state index in [2.05, 4.69) is 19.2 Å². The maximum atomic E-state index is 13.6. The predicted molar refractivity (Wildman–Crippen MR) is 47.8 cm³/mol. The zero-order chi connectivity index (χ0) is 8.82. The highest BCUT2D eigenvalue weighted by Crippen LogP contribution is 2.48. The van der Waals surface area contributed by atoms with Gasteiger partial charge >= 0.3 is 0 Å². The minimum atomic E-state index is -0.846. The molecule has 0 unspecified atom stereocenters. The minimum Gasteiger partial charge on any atom is -0.310 e. The molecule has 1 saturated heterocycles. The molecule has 0 spiro atoms. The van der Waals surface area contributed by atoms with E-state index in [1.54, 1.807) is 0 Å². The van der Waals surface area contributed by atoms with Crippen LogP contribution in [0.25, 0.3) is 0 Å². The Kier molecular flexibility index (Phi) is 1.73. The average molecular weight is 171 g/mol. The van der Waals surface area contributed by atoms with Crippen molar-refractivity contribution in [2.45, 2.75) is 38.8 Å². The summed E-state index contributed by atoms with van der Waals surface area (Å²) in [7, 11) is 0. The predicted octanol–water partition coefficient (Wildman–Crippen LogP) is 2.12. The second-order valence-corrected chi connectivity index (χ2v) is 5.40. The van der Waals surface area contributed by atoms with Gasteiger partial charge in [0.2, 0.25) is 0 Å². The van der Waals surface area contributed by atoms with E-state index in [0.29, 0.717) is 24.4 Å². The van der Waals surface area contributed by atoms with Crippen molar-refractivity contribution in [1.29, 1.82) is 0 Å². The molecule has 2 heteroatoms. The Labute approximate surface area is 73.7 Å². The van der Waals surface area contributed by atoms with Crippen LogP contribution in [0.5, 0.6) is 0 Å². The molecular formula is C10H18FN. The molecule has 0 aromatic carbocycles. The third-order valence-electron chi connectivity index (χ3n) is 3.22. The molecule has 0 aromatic heterocycles. The molecule has 0 amide bonds. The van der Waals surface area contributed by atoms with E-state index in [-0.39, 0.29) is 0 Å². The molecule has 1 heterocycles. The van der Waals surface area contributed by atoms with Gasteiger partial charge in [-0.2, -0.15) is 0 Å². The molecule has 2 rings (SSSR count). The Morgan fingerprint density at radius 2 is 1.92 bits per heavy atom. The average Bonchev–Trinajstić information content (AvgIpc) is 1.80. The smallest absolute Gasteiger partial charge is 0.136 e. The van der Waals surface area contributed by atoms with Crippen LogP contribution in [0.3, 0.4) is 0 Å². The first-order valence-electron chi connectivity index (χ1n) is 4.89. The topological polar surface area (TPSA) is 12.0 Å². The van der Waals surface area contributed by atoms with E-state index in [0.717, 1.165) is 6.42 Å². The van der Waals surface area contributed by atoms with Crippen LogP contribution in [-0.2, 0) is 0 Å². The van der Waals surface area contributed by atoms with Crippen molar-refractivity contribution in [3.8, 4) is 0 Å². The summed E-state index contributed by atoms with van der Waals surface area (Å²) in [4.78, 5) is 0. The molecule has 1 nitrogen and oxygen atoms in total. The minimum absolute atomic E-state index is 0.498. The molecule has 70 valence electrons. The van der Waals surface area contributed by atoms with Crippen LogP contribution in [0.4, 0.5) is 4.39 Å². The van der Waals surface area contributed by atoms with Gasteiger partial charge < -0.3 is 5.32 Å². The quantitative estimate of drug-likeness (QED) is 0.671. The third-order valence-corrected chi connectivity index (χ3v) is 3.22. The van der Waals surface area contributed by atoms with E-state index >= 15 is 0 Å². The van der Waals surface area contributed by atoms with Crippen LogP contribution < -0.4 is 5.32 Å². The Balaban J connectivity index is 1.76. The van der Waals surface area contributed by atoms with E-state index in [1.807, 2.05) is 0 Å². The molecule has 2 aliphatic rings. The fourth-order valence-corrected chi connectivity index (χ4v) is 2.71. The van der Waals surface area contributed by atoms with Gasteiger partial charge in [0.15, 0.2) is 0 Å². The number of hydrogen-bond donors (Lipinski definition) is 1. The maximum absolute atomic E-state index is 13.6. The summed E-state index contributed by atoms with van der Waals surface area (Å²) < 4.78 is 13.6. The molecule has 1 aliphatic carbocycles. The van der Waals surface area contributed by atoms with Gasteiger partial charge in [0.25, 0.3) is 0 Å². The monoisotopic (exact) mass is 171 g/mol. The van der Waals surface area contributed by atoms with Gasteiger partial charge in [0.05, 0.1) is 0 Å². The number of hydrogen-bond acceptors (Lipinski definition) is 1. The van der Waals surface area contributed by atoms with Crippen molar-refractivity contribution in [1.82, 2.24) is 5.32 Å². The summed E-state index contributed by atoms with van der Waals surface area (Å²) in [6.45, 7) is 5.72. The van der Waals surface area contributed by atoms with Crippen LogP contribution in [0, 0.1) is 11.3 Å². The summed E-state index contributed by atoms with van der Waals surface area (Å²) in [5.41, 5.74) is -0.348. The summed E-state index contributed by atoms with van der Waals surface area (Å²) in [5, 5.41) is 3.00. The number of rotatable bonds is 2. The zero-order valence-electron chi connectivity index (χ0n) is 7.99. The highest BCUT2D eigenvalue weighted by molar-refractivity contribution is 4.98. The van der Waals surface area contributed by atoms with Crippen molar-refractivity contribution in [3.63, 3.8) is 0 Å². The van der Waals surface area contributed by atoms with Crippen LogP contribution >= 0.6 is 0 Å². The van der Waals surface area contributed by atoms with Gasteiger partial charge in [-0.25, -0.2) is 4.39 Å². The maximum Gasteiger partial charge on any atom is 0.136 e. The highest BCUT2D eigenvalue weighted by Gasteiger charge is 2.44. The fraction of sp³-hybridized carbons (Fsp3) is 1.00. The van der Waals surface area contributed by atoms with Crippen molar-refractivity contribution in [2.75, 3.05) is 13.1 Å². The SMILES string of the molecule is CC1(C)CC(CC2(F)CNC2)C1. The molecule has 0 aromatic rings. The Morgan fingerprint density at radius 3 is 2.25 bits per heavy atom. The molecule has 0 atom stereocenters. The molecule has 1 saturated carbocycles. The highest BCUT2D eigenvalue weighted by atomic mass is 19.1. The molecule has 1 N–H and O–H groups in total. The van der Waals surface area contributed by atoms with Gasteiger partial charge in [-0.3, -0.25) is 0 Å². The number of alkyl halides is 1. The summed E-state index contributed by atoms with van der Waals surface area (Å²) in [6.07, 6.45) is 3.24. The van der Waals surface area contributed by atoms with Crippen LogP contribution in [-0.4, -0.2) is 18.8 Å². The lowest BCUT2D eigenvalue weighted by molar-refractivity contribution is 0.00137. The lowest BCUT2D eigenvalue weighted by Crippen LogP contribution is -2.58. The molecule has 1 aliphatic heterocycles. The molecule has 0 bridgehead atoms. The van der Waals surface area contributed by atoms with Crippen molar-refractivity contribution in [2.24, 2.45) is 11.3 Å². The zero-order valence-corrected chi connectivity index (χ0v) is 7.99. The van der Waals surface area contributed by atoms with Crippen molar-refractivity contribution in [3.05, 3.63) is 0 Å². The van der Waals surface area contributed by atoms with E-state index in [4.69, 9.17) is 0 Å². The summed E-state index contributed by atoms with van der Waals surface area (Å²) >= 11 is 0. The molecule has 0 radical (unpaired) electrons. The first-order chi connectivity index (χ1) is 5.49. The van der Waals surface area contributed by atoms with Crippen LogP contribution in [0.2, 0.25) is 0 Å². The van der Waals surface area contributed by atoms with Crippen LogP contribution in [0.1, 0.15) is 33.1 Å². The largest absolute Gasteiger partial charge is 0.310 e. The van der Waals surface area contributed by atoms with E-state index in [1.165, 1.54) is 12.8 Å². The molecular weight excluding hydrogens is 153 g/mol. The normalized spacial score (nSPS) is 32.2. The second-order valence-electron chi connectivity index (χ2n) is 5.40. The van der Waals surface area contributed by atoms with Gasteiger partial charge in [0, 0.05) is 13.1 Å². The van der Waals surface area contributed by atoms with Gasteiger partial charge in [-0.1, -0.05) is 13.8 Å². The van der Waals surface area contributed by atoms with E-state index in [9.17, 15) is 4.39 Å². The van der Waals surface area contributed by atoms with Crippen molar-refractivity contribution >= 4 is 0 Å². The summed E-state index contributed by atoms with van der Waals surface area (Å²) in [5.74, 6) is 0.659. The van der Waals surface area contributed by atoms with Gasteiger partial charge in [-0.15, -0.1) is 0 Å². The lowest BCUT2D eigenvalue weighted by Gasteiger charge is -2.47. The Hall–Kier alpha value is -0.110. The van der Waals surface area contributed by atoms with Gasteiger partial charge in [0.1, 0.15) is 5.67 Å². The van der Waals surface area contributed by atoms with Crippen molar-refractivity contribution < 1.29 is 4.39 Å². The third kappa shape index (κ3) is 1.49. The second kappa shape index (κ2) is 2.44. The van der Waals surface area contributed by atoms with Gasteiger partial charge in [-0.05, 0) is 30.6 Å². The van der Waals surface area contributed by atoms with Crippen LogP contribution in [0.15, 0.2) is 0 Å². The first kappa shape index (κ1) is 8.49. The Morgan fingerprint density at radius 1 is 1.33 bits per heavy atom. The standard InChI is InChI=1S/C10H18FN/c1-9(2)3-8(4-9)5-10(11)6-12-7-10/h8,12H,3-7H2,1-2H3. The Bertz CT molecular complexity index is 176. The molecule has 2 fully saturated rings. The molecule has 12 heavy (non-hydrogen) atoms. The van der Waals surface area contributed by atoms with E-state index < -0.39 is 5.67 Å². The number of nitrogens with one attached hydrogen (secondary N) is 1. The number of halogens is 1. The summed E-state index contributed by atoms with van der Waals surface area (Å²) in [6, 6.07) is 0.